The first-order valence-corrected chi connectivity index (χ1v) is 14.1. The fraction of sp³-hybridized carbons (Fsp3) is 0.485. The predicted octanol–water partition coefficient (Wildman–Crippen LogP) is 9.49. The first-order chi connectivity index (χ1) is 18.4. The second-order valence-electron chi connectivity index (χ2n) is 11.0. The minimum atomic E-state index is -0.837. The number of rotatable bonds is 9. The topological polar surface area (TPSA) is 26.3 Å². The molecule has 0 saturated heterocycles. The summed E-state index contributed by atoms with van der Waals surface area (Å²) in [6, 6.07) is 6.45. The van der Waals surface area contributed by atoms with Crippen LogP contribution in [0.15, 0.2) is 54.6 Å². The van der Waals surface area contributed by atoms with Crippen LogP contribution in [0.2, 0.25) is 0 Å². The Hall–Kier alpha value is -2.82. The van der Waals surface area contributed by atoms with E-state index in [-0.39, 0.29) is 29.2 Å². The van der Waals surface area contributed by atoms with E-state index in [0.717, 1.165) is 49.7 Å². The van der Waals surface area contributed by atoms with Crippen molar-refractivity contribution in [3.8, 4) is 5.75 Å². The molecule has 5 heteroatoms. The zero-order valence-electron chi connectivity index (χ0n) is 22.5. The van der Waals surface area contributed by atoms with E-state index in [1.807, 2.05) is 19.1 Å². The summed E-state index contributed by atoms with van der Waals surface area (Å²) in [4.78, 5) is 12.6. The number of esters is 1. The molecule has 0 N–H and O–H groups in total. The van der Waals surface area contributed by atoms with Crippen LogP contribution < -0.4 is 4.74 Å². The average molecular weight is 525 g/mol. The summed E-state index contributed by atoms with van der Waals surface area (Å²) in [5, 5.41) is 0. The van der Waals surface area contributed by atoms with Crippen LogP contribution in [0.5, 0.6) is 5.75 Å². The van der Waals surface area contributed by atoms with Crippen LogP contribution in [-0.4, -0.2) is 5.97 Å². The fourth-order valence-corrected chi connectivity index (χ4v) is 6.45. The van der Waals surface area contributed by atoms with E-state index in [0.29, 0.717) is 17.9 Å². The number of benzene rings is 2. The van der Waals surface area contributed by atoms with Crippen molar-refractivity contribution in [1.29, 1.82) is 0 Å². The summed E-state index contributed by atoms with van der Waals surface area (Å²) in [7, 11) is 0. The third-order valence-corrected chi connectivity index (χ3v) is 8.50. The standard InChI is InChI=1S/C33H39F3O2/c1-3-5-7-9-22-11-12-24-18-25(14-13-23(24)17-22)28-16-15-26(19-30(28)34)33(37)38-27-20-31(35)29(32(36)21-27)10-8-6-4-2/h3-6,15-16,19-25H,7-14,17-18H2,1-2H3/b5-3+,6-4+. The Morgan fingerprint density at radius 1 is 0.868 bits per heavy atom. The van der Waals surface area contributed by atoms with Crippen LogP contribution in [0.1, 0.15) is 99.0 Å². The van der Waals surface area contributed by atoms with Gasteiger partial charge in [-0.2, -0.15) is 0 Å². The summed E-state index contributed by atoms with van der Waals surface area (Å²) in [6.45, 7) is 3.91. The fourth-order valence-electron chi connectivity index (χ4n) is 6.45. The number of carbonyl (C=O) groups excluding carboxylic acids is 1. The number of carbonyl (C=O) groups is 1. The minimum absolute atomic E-state index is 0.0274. The van der Waals surface area contributed by atoms with Crippen LogP contribution in [0.4, 0.5) is 13.2 Å². The van der Waals surface area contributed by atoms with Gasteiger partial charge >= 0.3 is 5.97 Å². The molecule has 4 atom stereocenters. The summed E-state index contributed by atoms with van der Waals surface area (Å²) in [5.74, 6) is -0.673. The van der Waals surface area contributed by atoms with Crippen molar-refractivity contribution in [1.82, 2.24) is 0 Å². The number of allylic oxidation sites excluding steroid dienone is 4. The summed E-state index contributed by atoms with van der Waals surface area (Å²) in [6.07, 6.45) is 18.0. The van der Waals surface area contributed by atoms with Gasteiger partial charge in [0, 0.05) is 17.7 Å². The first-order valence-electron chi connectivity index (χ1n) is 14.1. The molecule has 204 valence electrons. The Morgan fingerprint density at radius 2 is 1.55 bits per heavy atom. The molecule has 2 aromatic carbocycles. The molecule has 0 aromatic heterocycles. The highest BCUT2D eigenvalue weighted by Gasteiger charge is 2.36. The SMILES string of the molecule is C/C=C/CCc1c(F)cc(OC(=O)c2ccc(C3CCC4CC(CC/C=C/C)CCC4C3)c(F)c2)cc1F. The van der Waals surface area contributed by atoms with Gasteiger partial charge in [0.2, 0.25) is 0 Å². The Morgan fingerprint density at radius 3 is 2.26 bits per heavy atom. The molecule has 2 aromatic rings. The molecular formula is C33H39F3O2. The van der Waals surface area contributed by atoms with Gasteiger partial charge in [0.05, 0.1) is 5.56 Å². The van der Waals surface area contributed by atoms with Gasteiger partial charge in [0.1, 0.15) is 23.2 Å². The number of hydrogen-bond acceptors (Lipinski definition) is 2. The molecule has 4 unspecified atom stereocenters. The molecule has 0 aliphatic heterocycles. The van der Waals surface area contributed by atoms with Gasteiger partial charge < -0.3 is 4.74 Å². The van der Waals surface area contributed by atoms with Gasteiger partial charge in [0.15, 0.2) is 0 Å². The van der Waals surface area contributed by atoms with E-state index in [1.165, 1.54) is 31.7 Å². The molecular weight excluding hydrogens is 485 g/mol. The second-order valence-corrected chi connectivity index (χ2v) is 11.0. The number of halogens is 3. The zero-order valence-corrected chi connectivity index (χ0v) is 22.5. The van der Waals surface area contributed by atoms with E-state index >= 15 is 4.39 Å². The molecule has 0 heterocycles. The zero-order chi connectivity index (χ0) is 27.1. The number of ether oxygens (including phenoxy) is 1. The smallest absolute Gasteiger partial charge is 0.343 e. The predicted molar refractivity (Wildman–Crippen MR) is 146 cm³/mol. The molecule has 2 fully saturated rings. The van der Waals surface area contributed by atoms with Gasteiger partial charge in [-0.15, -0.1) is 0 Å². The molecule has 0 spiro atoms. The molecule has 0 bridgehead atoms. The van der Waals surface area contributed by atoms with Gasteiger partial charge in [-0.05, 0) is 113 Å². The normalized spacial score (nSPS) is 23.6. The monoisotopic (exact) mass is 524 g/mol. The maximum atomic E-state index is 15.2. The number of hydrogen-bond donors (Lipinski definition) is 0. The van der Waals surface area contributed by atoms with Gasteiger partial charge in [-0.3, -0.25) is 0 Å². The third kappa shape index (κ3) is 6.98. The lowest BCUT2D eigenvalue weighted by atomic mass is 9.63. The molecule has 0 amide bonds. The van der Waals surface area contributed by atoms with Gasteiger partial charge in [0.25, 0.3) is 0 Å². The molecule has 0 radical (unpaired) electrons. The molecule has 2 aliphatic rings. The number of fused-ring (bicyclic) bond motifs is 1. The van der Waals surface area contributed by atoms with E-state index in [2.05, 4.69) is 19.1 Å². The maximum absolute atomic E-state index is 15.2. The summed E-state index contributed by atoms with van der Waals surface area (Å²) < 4.78 is 49.2. The summed E-state index contributed by atoms with van der Waals surface area (Å²) >= 11 is 0. The maximum Gasteiger partial charge on any atom is 0.343 e. The van der Waals surface area contributed by atoms with E-state index < -0.39 is 23.4 Å². The Balaban J connectivity index is 1.36. The second kappa shape index (κ2) is 13.3. The molecule has 4 rings (SSSR count). The quantitative estimate of drug-likeness (QED) is 0.185. The van der Waals surface area contributed by atoms with Crippen molar-refractivity contribution < 1.29 is 22.7 Å². The molecule has 38 heavy (non-hydrogen) atoms. The van der Waals surface area contributed by atoms with Gasteiger partial charge in [-0.1, -0.05) is 36.8 Å². The molecule has 2 nitrogen and oxygen atoms in total. The third-order valence-electron chi connectivity index (χ3n) is 8.50. The van der Waals surface area contributed by atoms with Crippen LogP contribution in [0.3, 0.4) is 0 Å². The van der Waals surface area contributed by atoms with E-state index in [9.17, 15) is 13.6 Å². The van der Waals surface area contributed by atoms with Crippen LogP contribution in [-0.2, 0) is 6.42 Å². The largest absolute Gasteiger partial charge is 0.423 e. The van der Waals surface area contributed by atoms with Crippen molar-refractivity contribution >= 4 is 5.97 Å². The Labute approximate surface area is 225 Å². The van der Waals surface area contributed by atoms with Gasteiger partial charge in [-0.25, -0.2) is 18.0 Å². The summed E-state index contributed by atoms with van der Waals surface area (Å²) in [5.41, 5.74) is 0.632. The Bertz CT molecular complexity index is 1150. The van der Waals surface area contributed by atoms with Crippen LogP contribution in [0.25, 0.3) is 0 Å². The lowest BCUT2D eigenvalue weighted by Gasteiger charge is -2.42. The average Bonchev–Trinajstić information content (AvgIpc) is 2.90. The highest BCUT2D eigenvalue weighted by Crippen LogP contribution is 2.48. The van der Waals surface area contributed by atoms with Crippen molar-refractivity contribution in [3.63, 3.8) is 0 Å². The van der Waals surface area contributed by atoms with Crippen molar-refractivity contribution in [3.05, 3.63) is 88.8 Å². The molecule has 2 saturated carbocycles. The van der Waals surface area contributed by atoms with E-state index in [4.69, 9.17) is 4.74 Å². The first kappa shape index (κ1) is 28.2. The molecule has 2 aliphatic carbocycles. The van der Waals surface area contributed by atoms with Crippen LogP contribution in [0, 0.1) is 35.2 Å². The van der Waals surface area contributed by atoms with Crippen molar-refractivity contribution in [2.24, 2.45) is 17.8 Å². The minimum Gasteiger partial charge on any atom is -0.423 e. The Kier molecular flexibility index (Phi) is 9.87. The van der Waals surface area contributed by atoms with Crippen molar-refractivity contribution in [2.75, 3.05) is 0 Å². The highest BCUT2D eigenvalue weighted by atomic mass is 19.1. The highest BCUT2D eigenvalue weighted by molar-refractivity contribution is 5.91. The van der Waals surface area contributed by atoms with Crippen molar-refractivity contribution in [2.45, 2.75) is 84.0 Å². The van der Waals surface area contributed by atoms with E-state index in [1.54, 1.807) is 12.1 Å². The lowest BCUT2D eigenvalue weighted by molar-refractivity contribution is 0.0733. The lowest BCUT2D eigenvalue weighted by Crippen LogP contribution is -2.30. The van der Waals surface area contributed by atoms with Crippen LogP contribution >= 0.6 is 0 Å².